The molecule has 0 radical (unpaired) electrons. The Morgan fingerprint density at radius 1 is 1.10 bits per heavy atom. The Morgan fingerprint density at radius 2 is 1.85 bits per heavy atom. The first-order chi connectivity index (χ1) is 9.81. The number of hydrogen-bond acceptors (Lipinski definition) is 4. The maximum absolute atomic E-state index is 4.58. The number of rotatable bonds is 4. The average Bonchev–Trinajstić information content (AvgIpc) is 2.93. The van der Waals surface area contributed by atoms with Crippen LogP contribution in [0.3, 0.4) is 0 Å². The lowest BCUT2D eigenvalue weighted by Gasteiger charge is -2.34. The molecular formula is C16H21N3S. The molecule has 20 heavy (non-hydrogen) atoms. The Hall–Kier alpha value is -1.39. The summed E-state index contributed by atoms with van der Waals surface area (Å²) in [5, 5.41) is 3.32. The smallest absolute Gasteiger partial charge is 0.185 e. The zero-order chi connectivity index (χ0) is 13.8. The molecule has 3 rings (SSSR count). The molecule has 0 atom stereocenters. The van der Waals surface area contributed by atoms with E-state index in [1.807, 2.05) is 0 Å². The highest BCUT2D eigenvalue weighted by Crippen LogP contribution is 2.21. The van der Waals surface area contributed by atoms with Crippen LogP contribution >= 0.6 is 11.3 Å². The topological polar surface area (TPSA) is 19.4 Å². The Morgan fingerprint density at radius 3 is 2.50 bits per heavy atom. The number of thiazole rings is 1. The van der Waals surface area contributed by atoms with E-state index in [0.29, 0.717) is 0 Å². The Bertz CT molecular complexity index is 530. The second kappa shape index (κ2) is 6.37. The van der Waals surface area contributed by atoms with Gasteiger partial charge < -0.3 is 4.90 Å². The molecule has 0 aliphatic carbocycles. The fraction of sp³-hybridized carbons (Fsp3) is 0.438. The molecule has 4 heteroatoms. The van der Waals surface area contributed by atoms with Crippen molar-refractivity contribution >= 4 is 16.5 Å². The van der Waals surface area contributed by atoms with Gasteiger partial charge in [0.05, 0.1) is 5.69 Å². The Balaban J connectivity index is 1.47. The summed E-state index contributed by atoms with van der Waals surface area (Å²) in [6.07, 6.45) is 1.15. The standard InChI is InChI=1S/C16H21N3S/c1-14-13-20-16(17-14)19-11-9-18(10-12-19)8-7-15-5-3-2-4-6-15/h2-6,13H,7-12H2,1H3. The summed E-state index contributed by atoms with van der Waals surface area (Å²) in [4.78, 5) is 9.55. The second-order valence-electron chi connectivity index (χ2n) is 5.34. The van der Waals surface area contributed by atoms with Crippen LogP contribution in [-0.2, 0) is 6.42 Å². The lowest BCUT2D eigenvalue weighted by Crippen LogP contribution is -2.47. The predicted molar refractivity (Wildman–Crippen MR) is 85.7 cm³/mol. The van der Waals surface area contributed by atoms with E-state index in [-0.39, 0.29) is 0 Å². The molecule has 2 aromatic rings. The van der Waals surface area contributed by atoms with E-state index in [1.54, 1.807) is 11.3 Å². The lowest BCUT2D eigenvalue weighted by molar-refractivity contribution is 0.261. The van der Waals surface area contributed by atoms with Crippen molar-refractivity contribution in [1.29, 1.82) is 0 Å². The third kappa shape index (κ3) is 3.38. The average molecular weight is 287 g/mol. The zero-order valence-electron chi connectivity index (χ0n) is 12.0. The molecule has 0 unspecified atom stereocenters. The van der Waals surface area contributed by atoms with Gasteiger partial charge in [-0.3, -0.25) is 4.90 Å². The van der Waals surface area contributed by atoms with Crippen LogP contribution in [0.15, 0.2) is 35.7 Å². The third-order valence-corrected chi connectivity index (χ3v) is 4.83. The van der Waals surface area contributed by atoms with Gasteiger partial charge in [0.25, 0.3) is 0 Å². The van der Waals surface area contributed by atoms with Gasteiger partial charge in [0.1, 0.15) is 0 Å². The molecule has 1 aromatic carbocycles. The maximum Gasteiger partial charge on any atom is 0.185 e. The van der Waals surface area contributed by atoms with E-state index < -0.39 is 0 Å². The first-order valence-corrected chi connectivity index (χ1v) is 8.12. The molecule has 0 bridgehead atoms. The third-order valence-electron chi connectivity index (χ3n) is 3.81. The normalized spacial score (nSPS) is 16.6. The monoisotopic (exact) mass is 287 g/mol. The molecule has 1 fully saturated rings. The first kappa shape index (κ1) is 13.6. The second-order valence-corrected chi connectivity index (χ2v) is 6.17. The van der Waals surface area contributed by atoms with Gasteiger partial charge in [0.15, 0.2) is 5.13 Å². The van der Waals surface area contributed by atoms with Crippen molar-refractivity contribution in [3.63, 3.8) is 0 Å². The molecule has 3 nitrogen and oxygen atoms in total. The first-order valence-electron chi connectivity index (χ1n) is 7.24. The van der Waals surface area contributed by atoms with Crippen LogP contribution in [-0.4, -0.2) is 42.6 Å². The number of benzene rings is 1. The molecule has 1 aliphatic rings. The van der Waals surface area contributed by atoms with Gasteiger partial charge in [-0.25, -0.2) is 4.98 Å². The van der Waals surface area contributed by atoms with E-state index in [1.165, 1.54) is 10.7 Å². The molecular weight excluding hydrogens is 266 g/mol. The summed E-state index contributed by atoms with van der Waals surface area (Å²) in [7, 11) is 0. The highest BCUT2D eigenvalue weighted by Gasteiger charge is 2.18. The SMILES string of the molecule is Cc1csc(N2CCN(CCc3ccccc3)CC2)n1. The number of nitrogens with zero attached hydrogens (tertiary/aromatic N) is 3. The minimum atomic E-state index is 1.10. The van der Waals surface area contributed by atoms with E-state index in [0.717, 1.165) is 44.8 Å². The van der Waals surface area contributed by atoms with Crippen molar-refractivity contribution in [3.8, 4) is 0 Å². The van der Waals surface area contributed by atoms with Crippen LogP contribution in [0, 0.1) is 6.92 Å². The van der Waals surface area contributed by atoms with Gasteiger partial charge in [-0.15, -0.1) is 11.3 Å². The Labute approximate surface area is 124 Å². The maximum atomic E-state index is 4.58. The molecule has 1 saturated heterocycles. The van der Waals surface area contributed by atoms with Gasteiger partial charge in [-0.2, -0.15) is 0 Å². The van der Waals surface area contributed by atoms with Crippen LogP contribution in [0.4, 0.5) is 5.13 Å². The van der Waals surface area contributed by atoms with E-state index >= 15 is 0 Å². The van der Waals surface area contributed by atoms with Crippen LogP contribution in [0.1, 0.15) is 11.3 Å². The summed E-state index contributed by atoms with van der Waals surface area (Å²) in [5.74, 6) is 0. The van der Waals surface area contributed by atoms with Crippen LogP contribution in [0.25, 0.3) is 0 Å². The predicted octanol–water partition coefficient (Wildman–Crippen LogP) is 2.82. The number of anilines is 1. The highest BCUT2D eigenvalue weighted by atomic mass is 32.1. The highest BCUT2D eigenvalue weighted by molar-refractivity contribution is 7.13. The van der Waals surface area contributed by atoms with Crippen molar-refractivity contribution in [2.75, 3.05) is 37.6 Å². The zero-order valence-corrected chi connectivity index (χ0v) is 12.8. The van der Waals surface area contributed by atoms with E-state index in [2.05, 4.69) is 57.4 Å². The van der Waals surface area contributed by atoms with E-state index in [9.17, 15) is 0 Å². The molecule has 1 aliphatic heterocycles. The van der Waals surface area contributed by atoms with Crippen molar-refractivity contribution in [2.45, 2.75) is 13.3 Å². The van der Waals surface area contributed by atoms with Gasteiger partial charge >= 0.3 is 0 Å². The van der Waals surface area contributed by atoms with Crippen molar-refractivity contribution < 1.29 is 0 Å². The number of aryl methyl sites for hydroxylation is 1. The largest absolute Gasteiger partial charge is 0.346 e. The summed E-state index contributed by atoms with van der Waals surface area (Å²) in [6.45, 7) is 7.71. The number of piperazine rings is 1. The van der Waals surface area contributed by atoms with Gasteiger partial charge in [-0.05, 0) is 18.9 Å². The molecule has 0 saturated carbocycles. The van der Waals surface area contributed by atoms with E-state index in [4.69, 9.17) is 0 Å². The van der Waals surface area contributed by atoms with Gasteiger partial charge in [0, 0.05) is 38.1 Å². The molecule has 0 amide bonds. The minimum absolute atomic E-state index is 1.10. The molecule has 2 heterocycles. The minimum Gasteiger partial charge on any atom is -0.346 e. The molecule has 106 valence electrons. The lowest BCUT2D eigenvalue weighted by atomic mass is 10.1. The molecule has 1 aromatic heterocycles. The van der Waals surface area contributed by atoms with Crippen LogP contribution < -0.4 is 4.90 Å². The quantitative estimate of drug-likeness (QED) is 0.862. The van der Waals surface area contributed by atoms with Crippen LogP contribution in [0.5, 0.6) is 0 Å². The summed E-state index contributed by atoms with van der Waals surface area (Å²) in [6, 6.07) is 10.8. The van der Waals surface area contributed by atoms with Crippen molar-refractivity contribution in [1.82, 2.24) is 9.88 Å². The van der Waals surface area contributed by atoms with Crippen molar-refractivity contribution in [3.05, 3.63) is 47.0 Å². The number of aromatic nitrogens is 1. The summed E-state index contributed by atoms with van der Waals surface area (Å²) < 4.78 is 0. The van der Waals surface area contributed by atoms with Gasteiger partial charge in [-0.1, -0.05) is 30.3 Å². The summed E-state index contributed by atoms with van der Waals surface area (Å²) >= 11 is 1.76. The van der Waals surface area contributed by atoms with Crippen LogP contribution in [0.2, 0.25) is 0 Å². The Kier molecular flexibility index (Phi) is 4.33. The van der Waals surface area contributed by atoms with Crippen molar-refractivity contribution in [2.24, 2.45) is 0 Å². The number of hydrogen-bond donors (Lipinski definition) is 0. The molecule has 0 N–H and O–H groups in total. The summed E-state index contributed by atoms with van der Waals surface area (Å²) in [5.41, 5.74) is 2.57. The fourth-order valence-electron chi connectivity index (χ4n) is 2.58. The molecule has 0 spiro atoms. The fourth-order valence-corrected chi connectivity index (χ4v) is 3.44. The van der Waals surface area contributed by atoms with Gasteiger partial charge in [0.2, 0.25) is 0 Å².